The molecular formula is C13H14N2O6. The second-order valence-corrected chi connectivity index (χ2v) is 4.85. The molecular weight excluding hydrogens is 280 g/mol. The summed E-state index contributed by atoms with van der Waals surface area (Å²) in [5.74, 6) is -1.74. The summed E-state index contributed by atoms with van der Waals surface area (Å²) in [6.07, 6.45) is -1.19. The molecule has 0 aromatic heterocycles. The number of nitrogens with zero attached hydrogens (tertiary/aromatic N) is 2. The second-order valence-electron chi connectivity index (χ2n) is 4.85. The largest absolute Gasteiger partial charge is 0.480 e. The van der Waals surface area contributed by atoms with Crippen molar-refractivity contribution in [1.82, 2.24) is 4.90 Å². The van der Waals surface area contributed by atoms with Gasteiger partial charge in [0.1, 0.15) is 6.04 Å². The van der Waals surface area contributed by atoms with Crippen LogP contribution in [0, 0.1) is 10.1 Å². The third-order valence-electron chi connectivity index (χ3n) is 3.41. The molecule has 1 aliphatic rings. The Morgan fingerprint density at radius 1 is 1.38 bits per heavy atom. The van der Waals surface area contributed by atoms with Crippen molar-refractivity contribution >= 4 is 17.6 Å². The highest BCUT2D eigenvalue weighted by atomic mass is 16.6. The van der Waals surface area contributed by atoms with Crippen LogP contribution in [0.2, 0.25) is 0 Å². The van der Waals surface area contributed by atoms with Gasteiger partial charge >= 0.3 is 5.97 Å². The molecule has 2 N–H and O–H groups in total. The molecule has 1 fully saturated rings. The number of aliphatic carboxylic acids is 1. The van der Waals surface area contributed by atoms with E-state index >= 15 is 0 Å². The van der Waals surface area contributed by atoms with E-state index < -0.39 is 28.9 Å². The average molecular weight is 294 g/mol. The van der Waals surface area contributed by atoms with E-state index in [1.165, 1.54) is 18.2 Å². The molecule has 0 saturated carbocycles. The zero-order valence-corrected chi connectivity index (χ0v) is 11.0. The molecule has 1 saturated heterocycles. The van der Waals surface area contributed by atoms with Gasteiger partial charge in [-0.2, -0.15) is 0 Å². The molecule has 2 atom stereocenters. The minimum absolute atomic E-state index is 0.0298. The highest BCUT2D eigenvalue weighted by molar-refractivity contribution is 5.86. The van der Waals surface area contributed by atoms with Gasteiger partial charge in [0.05, 0.1) is 17.4 Å². The first-order chi connectivity index (χ1) is 9.90. The van der Waals surface area contributed by atoms with Crippen LogP contribution < -0.4 is 0 Å². The quantitative estimate of drug-likeness (QED) is 0.603. The minimum Gasteiger partial charge on any atom is -0.480 e. The van der Waals surface area contributed by atoms with Gasteiger partial charge in [-0.25, -0.2) is 4.79 Å². The number of benzene rings is 1. The normalized spacial score (nSPS) is 21.3. The van der Waals surface area contributed by atoms with Crippen molar-refractivity contribution in [2.24, 2.45) is 0 Å². The molecule has 0 bridgehead atoms. The van der Waals surface area contributed by atoms with Crippen molar-refractivity contribution < 1.29 is 24.7 Å². The van der Waals surface area contributed by atoms with Crippen molar-refractivity contribution in [3.63, 3.8) is 0 Å². The molecule has 2 rings (SSSR count). The molecule has 21 heavy (non-hydrogen) atoms. The summed E-state index contributed by atoms with van der Waals surface area (Å²) in [5.41, 5.74) is 0.0375. The van der Waals surface area contributed by atoms with Crippen LogP contribution >= 0.6 is 0 Å². The predicted molar refractivity (Wildman–Crippen MR) is 70.6 cm³/mol. The highest BCUT2D eigenvalue weighted by Crippen LogP contribution is 2.23. The lowest BCUT2D eigenvalue weighted by atomic mass is 10.1. The van der Waals surface area contributed by atoms with E-state index in [9.17, 15) is 24.8 Å². The lowest BCUT2D eigenvalue weighted by molar-refractivity contribution is -0.385. The topological polar surface area (TPSA) is 121 Å². The molecule has 0 aliphatic carbocycles. The lowest BCUT2D eigenvalue weighted by Crippen LogP contribution is -2.41. The van der Waals surface area contributed by atoms with Gasteiger partial charge in [-0.1, -0.05) is 18.2 Å². The lowest BCUT2D eigenvalue weighted by Gasteiger charge is -2.21. The van der Waals surface area contributed by atoms with Crippen LogP contribution in [0.3, 0.4) is 0 Å². The average Bonchev–Trinajstić information content (AvgIpc) is 2.81. The van der Waals surface area contributed by atoms with E-state index in [2.05, 4.69) is 0 Å². The number of carbonyl (C=O) groups excluding carboxylic acids is 1. The standard InChI is InChI=1S/C13H14N2O6/c16-9-6-11(13(18)19)14(7-9)12(17)5-8-3-1-2-4-10(8)15(20)21/h1-4,9,11,16H,5-7H2,(H,18,19)/t9?,11-/m0/s1. The molecule has 8 nitrogen and oxygen atoms in total. The molecule has 1 heterocycles. The fourth-order valence-electron chi connectivity index (χ4n) is 2.43. The number of hydrogen-bond donors (Lipinski definition) is 2. The molecule has 1 aromatic carbocycles. The van der Waals surface area contributed by atoms with Gasteiger partial charge in [0, 0.05) is 24.6 Å². The van der Waals surface area contributed by atoms with Crippen LogP contribution in [0.4, 0.5) is 5.69 Å². The fourth-order valence-corrected chi connectivity index (χ4v) is 2.43. The predicted octanol–water partition coefficient (Wildman–Crippen LogP) is 0.184. The number of aliphatic hydroxyl groups excluding tert-OH is 1. The van der Waals surface area contributed by atoms with E-state index in [0.717, 1.165) is 4.90 Å². The summed E-state index contributed by atoms with van der Waals surface area (Å²) in [6.45, 7) is -0.0730. The van der Waals surface area contributed by atoms with Gasteiger partial charge in [-0.3, -0.25) is 14.9 Å². The van der Waals surface area contributed by atoms with Crippen molar-refractivity contribution in [2.45, 2.75) is 25.0 Å². The monoisotopic (exact) mass is 294 g/mol. The van der Waals surface area contributed by atoms with Crippen LogP contribution in [0.25, 0.3) is 0 Å². The number of β-amino-alcohol motifs (C(OH)–C–C–N with tert-alkyl or cyclic N) is 1. The number of nitro benzene ring substituents is 1. The van der Waals surface area contributed by atoms with Crippen LogP contribution in [0.5, 0.6) is 0 Å². The third kappa shape index (κ3) is 3.16. The first-order valence-corrected chi connectivity index (χ1v) is 6.32. The maximum absolute atomic E-state index is 12.2. The van der Waals surface area contributed by atoms with Crippen molar-refractivity contribution in [3.8, 4) is 0 Å². The fraction of sp³-hybridized carbons (Fsp3) is 0.385. The number of hydrogen-bond acceptors (Lipinski definition) is 5. The number of likely N-dealkylation sites (tertiary alicyclic amines) is 1. The number of para-hydroxylation sites is 1. The molecule has 1 unspecified atom stereocenters. The Morgan fingerprint density at radius 2 is 2.05 bits per heavy atom. The third-order valence-corrected chi connectivity index (χ3v) is 3.41. The summed E-state index contributed by atoms with van der Waals surface area (Å²) < 4.78 is 0. The summed E-state index contributed by atoms with van der Waals surface area (Å²) in [6, 6.07) is 4.72. The van der Waals surface area contributed by atoms with Gasteiger partial charge in [0.15, 0.2) is 0 Å². The van der Waals surface area contributed by atoms with Crippen LogP contribution in [0.15, 0.2) is 24.3 Å². The number of nitro groups is 1. The van der Waals surface area contributed by atoms with Crippen molar-refractivity contribution in [1.29, 1.82) is 0 Å². The molecule has 1 aromatic rings. The maximum atomic E-state index is 12.2. The zero-order valence-electron chi connectivity index (χ0n) is 11.0. The molecule has 1 aliphatic heterocycles. The Labute approximate surface area is 119 Å². The van der Waals surface area contributed by atoms with Gasteiger partial charge in [-0.05, 0) is 0 Å². The SMILES string of the molecule is O=C(O)[C@@H]1CC(O)CN1C(=O)Cc1ccccc1[N+](=O)[O-]. The first kappa shape index (κ1) is 14.9. The summed E-state index contributed by atoms with van der Waals surface area (Å²) in [4.78, 5) is 34.6. The van der Waals surface area contributed by atoms with Crippen molar-refractivity contribution in [3.05, 3.63) is 39.9 Å². The number of carbonyl (C=O) groups is 2. The van der Waals surface area contributed by atoms with E-state index in [1.807, 2.05) is 0 Å². The second kappa shape index (κ2) is 5.88. The molecule has 8 heteroatoms. The van der Waals surface area contributed by atoms with E-state index in [-0.39, 0.29) is 30.6 Å². The Kier molecular flexibility index (Phi) is 4.18. The molecule has 0 spiro atoms. The Bertz CT molecular complexity index is 588. The smallest absolute Gasteiger partial charge is 0.326 e. The summed E-state index contributed by atoms with van der Waals surface area (Å²) >= 11 is 0. The molecule has 112 valence electrons. The number of carboxylic acid groups (broad SMARTS) is 1. The molecule has 1 amide bonds. The van der Waals surface area contributed by atoms with Gasteiger partial charge in [-0.15, -0.1) is 0 Å². The Morgan fingerprint density at radius 3 is 2.67 bits per heavy atom. The van der Waals surface area contributed by atoms with E-state index in [4.69, 9.17) is 5.11 Å². The first-order valence-electron chi connectivity index (χ1n) is 6.32. The highest BCUT2D eigenvalue weighted by Gasteiger charge is 2.39. The van der Waals surface area contributed by atoms with E-state index in [0.29, 0.717) is 0 Å². The number of rotatable bonds is 4. The molecule has 0 radical (unpaired) electrons. The number of carboxylic acids is 1. The Hall–Kier alpha value is -2.48. The van der Waals surface area contributed by atoms with Crippen LogP contribution in [-0.2, 0) is 16.0 Å². The Balaban J connectivity index is 2.18. The van der Waals surface area contributed by atoms with Gasteiger partial charge in [0.2, 0.25) is 5.91 Å². The minimum atomic E-state index is -1.19. The van der Waals surface area contributed by atoms with Crippen LogP contribution in [-0.4, -0.2) is 50.6 Å². The van der Waals surface area contributed by atoms with Gasteiger partial charge < -0.3 is 15.1 Å². The van der Waals surface area contributed by atoms with E-state index in [1.54, 1.807) is 6.07 Å². The number of aliphatic hydroxyl groups is 1. The van der Waals surface area contributed by atoms with Gasteiger partial charge in [0.25, 0.3) is 5.69 Å². The maximum Gasteiger partial charge on any atom is 0.326 e. The van der Waals surface area contributed by atoms with Crippen LogP contribution in [0.1, 0.15) is 12.0 Å². The zero-order chi connectivity index (χ0) is 15.6. The summed E-state index contributed by atoms with van der Waals surface area (Å²) in [5, 5.41) is 29.5. The summed E-state index contributed by atoms with van der Waals surface area (Å²) in [7, 11) is 0. The van der Waals surface area contributed by atoms with Crippen molar-refractivity contribution in [2.75, 3.05) is 6.54 Å². The number of amides is 1.